The Kier molecular flexibility index (Phi) is 10.3. The average molecular weight is 567 g/mol. The summed E-state index contributed by atoms with van der Waals surface area (Å²) in [6, 6.07) is 8.92. The molecule has 2 N–H and O–H groups in total. The number of rotatable bonds is 8. The molecule has 10 heteroatoms. The fraction of sp³-hybridized carbons (Fsp3) is 0.500. The summed E-state index contributed by atoms with van der Waals surface area (Å²) in [5.41, 5.74) is -0.562. The highest BCUT2D eigenvalue weighted by atomic mass is 127. The molecule has 0 radical (unpaired) electrons. The largest absolute Gasteiger partial charge is 0.469 e. The molecule has 1 aromatic carbocycles. The number of hydrogen-bond donors (Lipinski definition) is 2. The first kappa shape index (κ1) is 26.5. The van der Waals surface area contributed by atoms with Crippen LogP contribution in [0, 0.1) is 0 Å². The number of ether oxygens (including phenoxy) is 2. The Hall–Kier alpha value is -1.79. The van der Waals surface area contributed by atoms with Crippen LogP contribution in [0.5, 0.6) is 0 Å². The van der Waals surface area contributed by atoms with Crippen LogP contribution in [0.2, 0.25) is 0 Å². The molecule has 2 aromatic rings. The topological polar surface area (TPSA) is 68.0 Å². The monoisotopic (exact) mass is 567 g/mol. The lowest BCUT2D eigenvalue weighted by molar-refractivity contribution is -0.137. The van der Waals surface area contributed by atoms with Crippen LogP contribution in [-0.4, -0.2) is 45.0 Å². The van der Waals surface area contributed by atoms with Crippen molar-refractivity contribution in [2.24, 2.45) is 4.99 Å². The van der Waals surface area contributed by atoms with E-state index in [4.69, 9.17) is 13.9 Å². The summed E-state index contributed by atoms with van der Waals surface area (Å²) in [5.74, 6) is 1.34. The molecule has 0 atom stereocenters. The van der Waals surface area contributed by atoms with Crippen molar-refractivity contribution in [2.75, 3.05) is 33.4 Å². The predicted molar refractivity (Wildman–Crippen MR) is 126 cm³/mol. The van der Waals surface area contributed by atoms with Gasteiger partial charge in [0.05, 0.1) is 24.0 Å². The minimum Gasteiger partial charge on any atom is -0.469 e. The van der Waals surface area contributed by atoms with Crippen molar-refractivity contribution in [3.05, 3.63) is 59.5 Å². The van der Waals surface area contributed by atoms with E-state index in [0.29, 0.717) is 44.2 Å². The van der Waals surface area contributed by atoms with E-state index >= 15 is 0 Å². The SMILES string of the molecule is COC1(CNC(=NCc2cccc(C(F)(F)F)c2)NCCc2ccco2)CCOCC1.I. The first-order chi connectivity index (χ1) is 14.9. The molecule has 0 unspecified atom stereocenters. The maximum absolute atomic E-state index is 13.0. The molecule has 1 fully saturated rings. The summed E-state index contributed by atoms with van der Waals surface area (Å²) in [4.78, 5) is 4.50. The van der Waals surface area contributed by atoms with Crippen molar-refractivity contribution < 1.29 is 27.1 Å². The van der Waals surface area contributed by atoms with Gasteiger partial charge < -0.3 is 24.5 Å². The number of nitrogens with zero attached hydrogens (tertiary/aromatic N) is 1. The average Bonchev–Trinajstić information content (AvgIpc) is 3.29. The van der Waals surface area contributed by atoms with Crippen molar-refractivity contribution in [1.29, 1.82) is 0 Å². The van der Waals surface area contributed by atoms with Gasteiger partial charge in [-0.3, -0.25) is 0 Å². The number of halogens is 4. The van der Waals surface area contributed by atoms with Crippen LogP contribution in [0.4, 0.5) is 13.2 Å². The fourth-order valence-electron chi connectivity index (χ4n) is 3.39. The highest BCUT2D eigenvalue weighted by Crippen LogP contribution is 2.29. The zero-order chi connectivity index (χ0) is 22.2. The fourth-order valence-corrected chi connectivity index (χ4v) is 3.39. The van der Waals surface area contributed by atoms with E-state index in [0.717, 1.165) is 30.7 Å². The molecule has 1 aromatic heterocycles. The molecule has 6 nitrogen and oxygen atoms in total. The Morgan fingerprint density at radius 2 is 1.94 bits per heavy atom. The molecule has 0 amide bonds. The van der Waals surface area contributed by atoms with Crippen LogP contribution in [0.3, 0.4) is 0 Å². The van der Waals surface area contributed by atoms with Crippen LogP contribution in [-0.2, 0) is 28.6 Å². The third-order valence-corrected chi connectivity index (χ3v) is 5.33. The molecule has 178 valence electrons. The zero-order valence-electron chi connectivity index (χ0n) is 17.9. The minimum absolute atomic E-state index is 0. The van der Waals surface area contributed by atoms with E-state index in [1.54, 1.807) is 19.4 Å². The number of alkyl halides is 3. The van der Waals surface area contributed by atoms with Gasteiger partial charge in [0.1, 0.15) is 5.76 Å². The van der Waals surface area contributed by atoms with Crippen molar-refractivity contribution in [3.8, 4) is 0 Å². The molecule has 3 rings (SSSR count). The summed E-state index contributed by atoms with van der Waals surface area (Å²) >= 11 is 0. The third-order valence-electron chi connectivity index (χ3n) is 5.33. The van der Waals surface area contributed by atoms with Crippen molar-refractivity contribution in [2.45, 2.75) is 37.6 Å². The third kappa shape index (κ3) is 7.96. The predicted octanol–water partition coefficient (Wildman–Crippen LogP) is 4.39. The molecule has 1 aliphatic heterocycles. The molecule has 0 bridgehead atoms. The Labute approximate surface area is 203 Å². The molecule has 0 aliphatic carbocycles. The molecule has 1 aliphatic rings. The maximum atomic E-state index is 13.0. The molecule has 32 heavy (non-hydrogen) atoms. The summed E-state index contributed by atoms with van der Waals surface area (Å²) in [5, 5.41) is 6.51. The Bertz CT molecular complexity index is 838. The molecule has 0 saturated carbocycles. The lowest BCUT2D eigenvalue weighted by Crippen LogP contribution is -2.51. The second-order valence-corrected chi connectivity index (χ2v) is 7.47. The molecular formula is C22H29F3IN3O3. The van der Waals surface area contributed by atoms with Crippen LogP contribution in [0.15, 0.2) is 52.1 Å². The number of guanidine groups is 1. The lowest BCUT2D eigenvalue weighted by Gasteiger charge is -2.36. The van der Waals surface area contributed by atoms with Crippen LogP contribution >= 0.6 is 24.0 Å². The molecule has 2 heterocycles. The number of nitrogens with one attached hydrogen (secondary N) is 2. The smallest absolute Gasteiger partial charge is 0.416 e. The molecular weight excluding hydrogens is 538 g/mol. The van der Waals surface area contributed by atoms with Gasteiger partial charge in [-0.05, 0) is 29.8 Å². The summed E-state index contributed by atoms with van der Waals surface area (Å²) in [6.45, 7) is 2.44. The summed E-state index contributed by atoms with van der Waals surface area (Å²) in [7, 11) is 1.68. The van der Waals surface area contributed by atoms with E-state index in [-0.39, 0.29) is 36.1 Å². The van der Waals surface area contributed by atoms with Crippen molar-refractivity contribution >= 4 is 29.9 Å². The zero-order valence-corrected chi connectivity index (χ0v) is 20.2. The standard InChI is InChI=1S/C22H28F3N3O3.HI/c1-29-21(8-12-30-13-9-21)16-28-20(26-10-7-19-6-3-11-31-19)27-15-17-4-2-5-18(14-17)22(23,24)25;/h2-6,11,14H,7-10,12-13,15-16H2,1H3,(H2,26,27,28);1H. The van der Waals surface area contributed by atoms with E-state index < -0.39 is 11.7 Å². The van der Waals surface area contributed by atoms with Gasteiger partial charge in [0.15, 0.2) is 5.96 Å². The number of methoxy groups -OCH3 is 1. The Morgan fingerprint density at radius 1 is 1.16 bits per heavy atom. The Balaban J connectivity index is 0.00000363. The second kappa shape index (κ2) is 12.4. The minimum atomic E-state index is -4.38. The second-order valence-electron chi connectivity index (χ2n) is 7.47. The summed E-state index contributed by atoms with van der Waals surface area (Å²) < 4.78 is 55.5. The number of aliphatic imine (C=N–C) groups is 1. The van der Waals surface area contributed by atoms with Crippen molar-refractivity contribution in [3.63, 3.8) is 0 Å². The van der Waals surface area contributed by atoms with Crippen molar-refractivity contribution in [1.82, 2.24) is 10.6 Å². The molecule has 1 saturated heterocycles. The molecule has 0 spiro atoms. The van der Waals surface area contributed by atoms with E-state index in [1.807, 2.05) is 12.1 Å². The highest BCUT2D eigenvalue weighted by molar-refractivity contribution is 14.0. The van der Waals surface area contributed by atoms with E-state index in [1.165, 1.54) is 6.07 Å². The van der Waals surface area contributed by atoms with Crippen LogP contribution in [0.25, 0.3) is 0 Å². The van der Waals surface area contributed by atoms with Gasteiger partial charge in [-0.2, -0.15) is 13.2 Å². The van der Waals surface area contributed by atoms with Gasteiger partial charge in [0, 0.05) is 52.7 Å². The van der Waals surface area contributed by atoms with Gasteiger partial charge >= 0.3 is 6.18 Å². The quantitative estimate of drug-likeness (QED) is 0.282. The van der Waals surface area contributed by atoms with Crippen LogP contribution < -0.4 is 10.6 Å². The van der Waals surface area contributed by atoms with Crippen LogP contribution in [0.1, 0.15) is 29.7 Å². The number of benzene rings is 1. The normalized spacial score (nSPS) is 16.3. The first-order valence-corrected chi connectivity index (χ1v) is 10.2. The van der Waals surface area contributed by atoms with E-state index in [9.17, 15) is 13.2 Å². The van der Waals surface area contributed by atoms with Gasteiger partial charge in [0.25, 0.3) is 0 Å². The van der Waals surface area contributed by atoms with Gasteiger partial charge in [-0.15, -0.1) is 24.0 Å². The highest BCUT2D eigenvalue weighted by Gasteiger charge is 2.33. The van der Waals surface area contributed by atoms with Gasteiger partial charge in [0.2, 0.25) is 0 Å². The summed E-state index contributed by atoms with van der Waals surface area (Å²) in [6.07, 6.45) is -0.603. The van der Waals surface area contributed by atoms with E-state index in [2.05, 4.69) is 15.6 Å². The lowest BCUT2D eigenvalue weighted by atomic mass is 9.94. The maximum Gasteiger partial charge on any atom is 0.416 e. The van der Waals surface area contributed by atoms with Gasteiger partial charge in [-0.25, -0.2) is 4.99 Å². The number of hydrogen-bond acceptors (Lipinski definition) is 4. The number of furan rings is 1. The first-order valence-electron chi connectivity index (χ1n) is 10.2. The Morgan fingerprint density at radius 3 is 2.59 bits per heavy atom. The van der Waals surface area contributed by atoms with Gasteiger partial charge in [-0.1, -0.05) is 12.1 Å².